The van der Waals surface area contributed by atoms with Crippen LogP contribution < -0.4 is 5.32 Å². The van der Waals surface area contributed by atoms with Gasteiger partial charge in [-0.1, -0.05) is 0 Å². The number of rotatable bonds is 4. The fraction of sp³-hybridized carbons (Fsp3) is 0.625. The lowest BCUT2D eigenvalue weighted by Crippen LogP contribution is -2.42. The second kappa shape index (κ2) is 6.89. The van der Waals surface area contributed by atoms with Crippen LogP contribution in [0.5, 0.6) is 0 Å². The number of anilines is 1. The van der Waals surface area contributed by atoms with Crippen LogP contribution in [0.15, 0.2) is 12.1 Å². The molecule has 0 spiro atoms. The highest BCUT2D eigenvalue weighted by Gasteiger charge is 2.21. The van der Waals surface area contributed by atoms with E-state index in [2.05, 4.69) is 29.0 Å². The minimum atomic E-state index is -0.336. The monoisotopic (exact) mass is 291 g/mol. The zero-order chi connectivity index (χ0) is 15.4. The molecule has 1 aromatic rings. The van der Waals surface area contributed by atoms with Crippen molar-refractivity contribution in [2.45, 2.75) is 45.7 Å². The van der Waals surface area contributed by atoms with E-state index in [4.69, 9.17) is 4.74 Å². The van der Waals surface area contributed by atoms with Crippen LogP contribution in [0.3, 0.4) is 0 Å². The van der Waals surface area contributed by atoms with Gasteiger partial charge in [-0.3, -0.25) is 0 Å². The van der Waals surface area contributed by atoms with Crippen LogP contribution in [-0.2, 0) is 4.74 Å². The number of likely N-dealkylation sites (tertiary alicyclic amines) is 1. The summed E-state index contributed by atoms with van der Waals surface area (Å²) in [6.07, 6.45) is 2.25. The Morgan fingerprint density at radius 1 is 1.38 bits per heavy atom. The summed E-state index contributed by atoms with van der Waals surface area (Å²) in [7, 11) is 1.39. The van der Waals surface area contributed by atoms with E-state index in [1.165, 1.54) is 7.11 Å². The molecule has 5 heteroatoms. The number of nitrogens with zero attached hydrogens (tertiary/aromatic N) is 2. The molecule has 0 radical (unpaired) electrons. The number of aromatic nitrogens is 1. The maximum absolute atomic E-state index is 11.5. The van der Waals surface area contributed by atoms with E-state index >= 15 is 0 Å². The molecule has 1 fully saturated rings. The standard InChI is InChI=1S/C16H25N3O2/c1-11(2)19-9-7-13(8-10-19)18-15-6-5-14(12(3)17-15)16(20)21-4/h5-6,11,13H,7-10H2,1-4H3,(H,17,18). The number of hydrogen-bond acceptors (Lipinski definition) is 5. The second-order valence-electron chi connectivity index (χ2n) is 5.87. The van der Waals surface area contributed by atoms with E-state index < -0.39 is 0 Å². The highest BCUT2D eigenvalue weighted by atomic mass is 16.5. The normalized spacial score (nSPS) is 17.0. The van der Waals surface area contributed by atoms with Gasteiger partial charge in [0.2, 0.25) is 0 Å². The summed E-state index contributed by atoms with van der Waals surface area (Å²) < 4.78 is 4.74. The molecule has 1 aliphatic rings. The Morgan fingerprint density at radius 2 is 2.05 bits per heavy atom. The average Bonchev–Trinajstić information content (AvgIpc) is 2.47. The first-order valence-electron chi connectivity index (χ1n) is 7.57. The molecule has 2 heterocycles. The first-order valence-corrected chi connectivity index (χ1v) is 7.57. The lowest BCUT2D eigenvalue weighted by molar-refractivity contribution is 0.0599. The highest BCUT2D eigenvalue weighted by molar-refractivity contribution is 5.90. The Labute approximate surface area is 126 Å². The Bertz CT molecular complexity index is 494. The molecule has 0 aromatic carbocycles. The molecule has 0 atom stereocenters. The van der Waals surface area contributed by atoms with Crippen LogP contribution in [0, 0.1) is 6.92 Å². The summed E-state index contributed by atoms with van der Waals surface area (Å²) in [5.41, 5.74) is 1.23. The van der Waals surface area contributed by atoms with Gasteiger partial charge >= 0.3 is 5.97 Å². The molecule has 0 unspecified atom stereocenters. The number of nitrogens with one attached hydrogen (secondary N) is 1. The molecule has 0 amide bonds. The average molecular weight is 291 g/mol. The molecule has 21 heavy (non-hydrogen) atoms. The van der Waals surface area contributed by atoms with Crippen LogP contribution in [0.25, 0.3) is 0 Å². The number of esters is 1. The Morgan fingerprint density at radius 3 is 2.57 bits per heavy atom. The molecule has 1 aliphatic heterocycles. The number of pyridine rings is 1. The van der Waals surface area contributed by atoms with Gasteiger partial charge in [0, 0.05) is 25.2 Å². The van der Waals surface area contributed by atoms with Gasteiger partial charge in [0.1, 0.15) is 5.82 Å². The van der Waals surface area contributed by atoms with Crippen molar-refractivity contribution in [2.75, 3.05) is 25.5 Å². The van der Waals surface area contributed by atoms with Crippen molar-refractivity contribution in [3.05, 3.63) is 23.4 Å². The fourth-order valence-corrected chi connectivity index (χ4v) is 2.74. The predicted octanol–water partition coefficient (Wildman–Crippen LogP) is 2.46. The molecule has 2 rings (SSSR count). The van der Waals surface area contributed by atoms with Gasteiger partial charge in [-0.15, -0.1) is 0 Å². The number of methoxy groups -OCH3 is 1. The minimum Gasteiger partial charge on any atom is -0.465 e. The van der Waals surface area contributed by atoms with Crippen LogP contribution >= 0.6 is 0 Å². The van der Waals surface area contributed by atoms with Gasteiger partial charge in [0.05, 0.1) is 18.4 Å². The molecular formula is C16H25N3O2. The maximum atomic E-state index is 11.5. The van der Waals surface area contributed by atoms with Crippen LogP contribution in [0.2, 0.25) is 0 Å². The molecule has 1 saturated heterocycles. The zero-order valence-electron chi connectivity index (χ0n) is 13.3. The topological polar surface area (TPSA) is 54.5 Å². The van der Waals surface area contributed by atoms with E-state index in [1.54, 1.807) is 6.07 Å². The first kappa shape index (κ1) is 15.8. The van der Waals surface area contributed by atoms with Crippen molar-refractivity contribution in [3.8, 4) is 0 Å². The van der Waals surface area contributed by atoms with Crippen LogP contribution in [0.4, 0.5) is 5.82 Å². The summed E-state index contributed by atoms with van der Waals surface area (Å²) in [5, 5.41) is 3.48. The Balaban J connectivity index is 1.95. The summed E-state index contributed by atoms with van der Waals surface area (Å²) in [6.45, 7) is 8.55. The summed E-state index contributed by atoms with van der Waals surface area (Å²) in [4.78, 5) is 18.5. The SMILES string of the molecule is COC(=O)c1ccc(NC2CCN(C(C)C)CC2)nc1C. The van der Waals surface area contributed by atoms with Gasteiger partial charge in [-0.2, -0.15) is 0 Å². The highest BCUT2D eigenvalue weighted by Crippen LogP contribution is 2.18. The predicted molar refractivity (Wildman–Crippen MR) is 83.7 cm³/mol. The largest absolute Gasteiger partial charge is 0.465 e. The van der Waals surface area contributed by atoms with Gasteiger partial charge in [0.25, 0.3) is 0 Å². The number of carbonyl (C=O) groups excluding carboxylic acids is 1. The Kier molecular flexibility index (Phi) is 5.17. The van der Waals surface area contributed by atoms with Crippen LogP contribution in [-0.4, -0.2) is 48.1 Å². The van der Waals surface area contributed by atoms with Gasteiger partial charge in [0.15, 0.2) is 0 Å². The number of carbonyl (C=O) groups is 1. The zero-order valence-corrected chi connectivity index (χ0v) is 13.3. The van der Waals surface area contributed by atoms with E-state index in [0.29, 0.717) is 23.3 Å². The fourth-order valence-electron chi connectivity index (χ4n) is 2.74. The smallest absolute Gasteiger partial charge is 0.339 e. The summed E-state index contributed by atoms with van der Waals surface area (Å²) in [6, 6.07) is 4.70. The minimum absolute atomic E-state index is 0.336. The molecular weight excluding hydrogens is 266 g/mol. The molecule has 5 nitrogen and oxygen atoms in total. The number of aryl methyl sites for hydroxylation is 1. The quantitative estimate of drug-likeness (QED) is 0.864. The van der Waals surface area contributed by atoms with Crippen molar-refractivity contribution < 1.29 is 9.53 Å². The van der Waals surface area contributed by atoms with Crippen molar-refractivity contribution in [1.82, 2.24) is 9.88 Å². The van der Waals surface area contributed by atoms with E-state index in [0.717, 1.165) is 31.7 Å². The number of piperidine rings is 1. The lowest BCUT2D eigenvalue weighted by Gasteiger charge is -2.35. The number of ether oxygens (including phenoxy) is 1. The van der Waals surface area contributed by atoms with Gasteiger partial charge in [-0.05, 0) is 45.7 Å². The maximum Gasteiger partial charge on any atom is 0.339 e. The number of hydrogen-bond donors (Lipinski definition) is 1. The van der Waals surface area contributed by atoms with E-state index in [9.17, 15) is 4.79 Å². The third kappa shape index (κ3) is 3.94. The molecule has 0 bridgehead atoms. The summed E-state index contributed by atoms with van der Waals surface area (Å²) in [5.74, 6) is 0.500. The van der Waals surface area contributed by atoms with Crippen molar-refractivity contribution >= 4 is 11.8 Å². The third-order valence-corrected chi connectivity index (χ3v) is 4.10. The van der Waals surface area contributed by atoms with Crippen molar-refractivity contribution in [1.29, 1.82) is 0 Å². The van der Waals surface area contributed by atoms with E-state index in [1.807, 2.05) is 13.0 Å². The third-order valence-electron chi connectivity index (χ3n) is 4.10. The van der Waals surface area contributed by atoms with Gasteiger partial charge in [-0.25, -0.2) is 9.78 Å². The van der Waals surface area contributed by atoms with Crippen LogP contribution in [0.1, 0.15) is 42.7 Å². The van der Waals surface area contributed by atoms with E-state index in [-0.39, 0.29) is 5.97 Å². The molecule has 1 N–H and O–H groups in total. The lowest BCUT2D eigenvalue weighted by atomic mass is 10.0. The molecule has 0 saturated carbocycles. The van der Waals surface area contributed by atoms with Crippen molar-refractivity contribution in [2.24, 2.45) is 0 Å². The van der Waals surface area contributed by atoms with Gasteiger partial charge < -0.3 is 15.0 Å². The Hall–Kier alpha value is -1.62. The second-order valence-corrected chi connectivity index (χ2v) is 5.87. The molecule has 1 aromatic heterocycles. The van der Waals surface area contributed by atoms with Crippen molar-refractivity contribution in [3.63, 3.8) is 0 Å². The molecule has 116 valence electrons. The summed E-state index contributed by atoms with van der Waals surface area (Å²) >= 11 is 0. The first-order chi connectivity index (χ1) is 10.0. The molecule has 0 aliphatic carbocycles.